The highest BCUT2D eigenvalue weighted by Crippen LogP contribution is 2.52. The van der Waals surface area contributed by atoms with Crippen molar-refractivity contribution < 1.29 is 4.79 Å². The summed E-state index contributed by atoms with van der Waals surface area (Å²) in [5, 5.41) is 0. The molecule has 4 aromatic rings. The molecule has 32 heavy (non-hydrogen) atoms. The van der Waals surface area contributed by atoms with E-state index in [1.54, 1.807) is 12.1 Å². The molecular weight excluding hydrogens is 398 g/mol. The zero-order valence-electron chi connectivity index (χ0n) is 17.8. The minimum absolute atomic E-state index is 0.432. The highest BCUT2D eigenvalue weighted by Gasteiger charge is 2.41. The fourth-order valence-corrected chi connectivity index (χ4v) is 5.20. The molecule has 4 heterocycles. The maximum atomic E-state index is 11.4. The van der Waals surface area contributed by atoms with Crippen LogP contribution in [0.5, 0.6) is 0 Å². The normalized spacial score (nSPS) is 18.7. The summed E-state index contributed by atoms with van der Waals surface area (Å²) in [6.45, 7) is 2.01. The van der Waals surface area contributed by atoms with Crippen molar-refractivity contribution >= 4 is 5.91 Å². The zero-order chi connectivity index (χ0) is 21.8. The van der Waals surface area contributed by atoms with Crippen LogP contribution in [-0.4, -0.2) is 25.4 Å². The average Bonchev–Trinajstić information content (AvgIpc) is 3.52. The predicted molar refractivity (Wildman–Crippen MR) is 123 cm³/mol. The van der Waals surface area contributed by atoms with Crippen LogP contribution in [0.2, 0.25) is 0 Å². The van der Waals surface area contributed by atoms with Crippen LogP contribution in [0.1, 0.15) is 53.1 Å². The van der Waals surface area contributed by atoms with E-state index < -0.39 is 5.91 Å². The van der Waals surface area contributed by atoms with E-state index in [0.717, 1.165) is 39.6 Å². The SMILES string of the molecule is Cc1cccc(-c2nc3n(c2-c2ccnc(-c4ccc(C(N)=O)cc4)c2)[C@H]2CC[C@@H]3C2)n1. The van der Waals surface area contributed by atoms with E-state index in [2.05, 4.69) is 21.7 Å². The molecule has 2 bridgehead atoms. The van der Waals surface area contributed by atoms with Crippen LogP contribution in [0.3, 0.4) is 0 Å². The number of aryl methyl sites for hydroxylation is 1. The van der Waals surface area contributed by atoms with E-state index in [9.17, 15) is 4.79 Å². The summed E-state index contributed by atoms with van der Waals surface area (Å²) in [4.78, 5) is 25.9. The van der Waals surface area contributed by atoms with Crippen molar-refractivity contribution in [2.24, 2.45) is 5.73 Å². The number of hydrogen-bond donors (Lipinski definition) is 1. The monoisotopic (exact) mass is 421 g/mol. The molecule has 6 rings (SSSR count). The number of carbonyl (C=O) groups is 1. The molecule has 3 aromatic heterocycles. The number of hydrogen-bond acceptors (Lipinski definition) is 4. The van der Waals surface area contributed by atoms with Crippen LogP contribution >= 0.6 is 0 Å². The van der Waals surface area contributed by atoms with Gasteiger partial charge in [-0.2, -0.15) is 0 Å². The molecule has 1 aliphatic carbocycles. The van der Waals surface area contributed by atoms with Crippen molar-refractivity contribution in [2.75, 3.05) is 0 Å². The summed E-state index contributed by atoms with van der Waals surface area (Å²) in [6.07, 6.45) is 5.44. The molecule has 0 unspecified atom stereocenters. The standard InChI is InChI=1S/C26H23N5O/c1-15-3-2-4-21(29-15)23-24(31-20-10-9-19(13-20)26(31)30-23)18-11-12-28-22(14-18)16-5-7-17(8-6-16)25(27)32/h2-8,11-12,14,19-20H,9-10,13H2,1H3,(H2,27,32)/t19-,20+/m1/s1. The summed E-state index contributed by atoms with van der Waals surface area (Å²) < 4.78 is 2.45. The maximum absolute atomic E-state index is 11.4. The Balaban J connectivity index is 1.51. The number of nitrogens with two attached hydrogens (primary N) is 1. The van der Waals surface area contributed by atoms with Crippen molar-refractivity contribution in [1.29, 1.82) is 0 Å². The first-order valence-corrected chi connectivity index (χ1v) is 11.0. The van der Waals surface area contributed by atoms with E-state index in [4.69, 9.17) is 15.7 Å². The number of nitrogens with zero attached hydrogens (tertiary/aromatic N) is 4. The van der Waals surface area contributed by atoms with E-state index in [1.807, 2.05) is 43.5 Å². The molecule has 2 atom stereocenters. The summed E-state index contributed by atoms with van der Waals surface area (Å²) in [7, 11) is 0. The van der Waals surface area contributed by atoms with Gasteiger partial charge in [-0.25, -0.2) is 4.98 Å². The minimum Gasteiger partial charge on any atom is -0.366 e. The number of rotatable bonds is 4. The second-order valence-corrected chi connectivity index (χ2v) is 8.74. The number of fused-ring (bicyclic) bond motifs is 5. The van der Waals surface area contributed by atoms with Crippen LogP contribution in [0.15, 0.2) is 60.8 Å². The van der Waals surface area contributed by atoms with E-state index in [0.29, 0.717) is 17.5 Å². The first-order chi connectivity index (χ1) is 15.6. The quantitative estimate of drug-likeness (QED) is 0.508. The van der Waals surface area contributed by atoms with Crippen molar-refractivity contribution in [2.45, 2.75) is 38.1 Å². The van der Waals surface area contributed by atoms with Gasteiger partial charge in [0, 0.05) is 40.5 Å². The van der Waals surface area contributed by atoms with Gasteiger partial charge < -0.3 is 10.3 Å². The molecule has 1 aliphatic heterocycles. The smallest absolute Gasteiger partial charge is 0.248 e. The lowest BCUT2D eigenvalue weighted by molar-refractivity contribution is 0.100. The topological polar surface area (TPSA) is 86.7 Å². The molecule has 0 saturated heterocycles. The number of imidazole rings is 1. The van der Waals surface area contributed by atoms with Crippen LogP contribution < -0.4 is 5.73 Å². The summed E-state index contributed by atoms with van der Waals surface area (Å²) in [5.41, 5.74) is 12.7. The Morgan fingerprint density at radius 1 is 1.00 bits per heavy atom. The average molecular weight is 422 g/mol. The summed E-state index contributed by atoms with van der Waals surface area (Å²) in [5.74, 6) is 1.30. The Hall–Kier alpha value is -3.80. The number of amides is 1. The fraction of sp³-hybridized carbons (Fsp3) is 0.231. The van der Waals surface area contributed by atoms with Crippen molar-refractivity contribution in [3.8, 4) is 33.9 Å². The van der Waals surface area contributed by atoms with Crippen molar-refractivity contribution in [3.05, 3.63) is 77.9 Å². The van der Waals surface area contributed by atoms with Gasteiger partial charge in [0.2, 0.25) is 5.91 Å². The molecule has 1 saturated carbocycles. The van der Waals surface area contributed by atoms with Crippen molar-refractivity contribution in [3.63, 3.8) is 0 Å². The van der Waals surface area contributed by atoms with Gasteiger partial charge in [-0.3, -0.25) is 14.8 Å². The first kappa shape index (κ1) is 18.9. The van der Waals surface area contributed by atoms with Crippen LogP contribution in [0.4, 0.5) is 0 Å². The fourth-order valence-electron chi connectivity index (χ4n) is 5.20. The lowest BCUT2D eigenvalue weighted by atomic mass is 10.0. The molecule has 2 aliphatic rings. The second-order valence-electron chi connectivity index (χ2n) is 8.74. The third kappa shape index (κ3) is 2.94. The van der Waals surface area contributed by atoms with Gasteiger partial charge in [0.15, 0.2) is 0 Å². The maximum Gasteiger partial charge on any atom is 0.248 e. The molecule has 1 amide bonds. The van der Waals surface area contributed by atoms with Crippen LogP contribution in [-0.2, 0) is 0 Å². The molecule has 0 spiro atoms. The number of benzene rings is 1. The van der Waals surface area contributed by atoms with E-state index in [-0.39, 0.29) is 0 Å². The van der Waals surface area contributed by atoms with Gasteiger partial charge >= 0.3 is 0 Å². The van der Waals surface area contributed by atoms with Crippen molar-refractivity contribution in [1.82, 2.24) is 19.5 Å². The van der Waals surface area contributed by atoms with Gasteiger partial charge in [-0.15, -0.1) is 0 Å². The number of aromatic nitrogens is 4. The highest BCUT2D eigenvalue weighted by molar-refractivity contribution is 5.93. The molecule has 6 nitrogen and oxygen atoms in total. The molecular formula is C26H23N5O. The largest absolute Gasteiger partial charge is 0.366 e. The molecule has 0 radical (unpaired) electrons. The Kier molecular flexibility index (Phi) is 4.21. The zero-order valence-corrected chi connectivity index (χ0v) is 17.8. The van der Waals surface area contributed by atoms with Gasteiger partial charge in [0.25, 0.3) is 0 Å². The Morgan fingerprint density at radius 3 is 2.62 bits per heavy atom. The summed E-state index contributed by atoms with van der Waals surface area (Å²) >= 11 is 0. The second kappa shape index (κ2) is 7.12. The molecule has 1 aromatic carbocycles. The lowest BCUT2D eigenvalue weighted by Gasteiger charge is -2.17. The molecule has 2 N–H and O–H groups in total. The Bertz CT molecular complexity index is 1360. The third-order valence-electron chi connectivity index (χ3n) is 6.70. The van der Waals surface area contributed by atoms with Gasteiger partial charge in [0.1, 0.15) is 11.5 Å². The van der Waals surface area contributed by atoms with Gasteiger partial charge in [-0.1, -0.05) is 18.2 Å². The Morgan fingerprint density at radius 2 is 1.84 bits per heavy atom. The third-order valence-corrected chi connectivity index (χ3v) is 6.70. The number of primary amides is 1. The van der Waals surface area contributed by atoms with E-state index in [1.165, 1.54) is 25.1 Å². The first-order valence-electron chi connectivity index (χ1n) is 11.0. The van der Waals surface area contributed by atoms with Gasteiger partial charge in [-0.05, 0) is 62.6 Å². The summed E-state index contributed by atoms with van der Waals surface area (Å²) in [6, 6.07) is 18.0. The van der Waals surface area contributed by atoms with E-state index >= 15 is 0 Å². The molecule has 1 fully saturated rings. The Labute approximate surface area is 186 Å². The molecule has 6 heteroatoms. The number of carbonyl (C=O) groups excluding carboxylic acids is 1. The predicted octanol–water partition coefficient (Wildman–Crippen LogP) is 4.90. The minimum atomic E-state index is -0.432. The highest BCUT2D eigenvalue weighted by atomic mass is 16.1. The van der Waals surface area contributed by atoms with Gasteiger partial charge in [0.05, 0.1) is 17.1 Å². The van der Waals surface area contributed by atoms with Crippen LogP contribution in [0.25, 0.3) is 33.9 Å². The lowest BCUT2D eigenvalue weighted by Crippen LogP contribution is -2.10. The van der Waals surface area contributed by atoms with Crippen LogP contribution in [0, 0.1) is 6.92 Å². The number of pyridine rings is 2. The molecule has 158 valence electrons.